The number of rotatable bonds is 3. The van der Waals surface area contributed by atoms with E-state index in [1.165, 1.54) is 18.5 Å². The van der Waals surface area contributed by atoms with Crippen LogP contribution in [0.15, 0.2) is 36.7 Å². The lowest BCUT2D eigenvalue weighted by molar-refractivity contribution is 0.0698. The fourth-order valence-corrected chi connectivity index (χ4v) is 1.99. The summed E-state index contributed by atoms with van der Waals surface area (Å²) in [6.45, 7) is 3.58. The maximum absolute atomic E-state index is 12.1. The predicted octanol–water partition coefficient (Wildman–Crippen LogP) is 2.65. The monoisotopic (exact) mass is 270 g/mol. The van der Waals surface area contributed by atoms with E-state index in [1.807, 2.05) is 13.0 Å². The zero-order chi connectivity index (χ0) is 14.7. The molecule has 0 spiro atoms. The first-order valence-electron chi connectivity index (χ1n) is 6.05. The van der Waals surface area contributed by atoms with Crippen molar-refractivity contribution >= 4 is 17.6 Å². The lowest BCUT2D eigenvalue weighted by atomic mass is 10.0. The van der Waals surface area contributed by atoms with E-state index in [-0.39, 0.29) is 11.5 Å². The molecule has 0 fully saturated rings. The smallest absolute Gasteiger partial charge is 0.337 e. The topological polar surface area (TPSA) is 79.3 Å². The molecular formula is C15H14N2O3. The van der Waals surface area contributed by atoms with Gasteiger partial charge in [0, 0.05) is 18.0 Å². The summed E-state index contributed by atoms with van der Waals surface area (Å²) < 4.78 is 0. The van der Waals surface area contributed by atoms with E-state index in [4.69, 9.17) is 0 Å². The van der Waals surface area contributed by atoms with Crippen molar-refractivity contribution in [2.75, 3.05) is 5.32 Å². The summed E-state index contributed by atoms with van der Waals surface area (Å²) in [5.74, 6) is -1.43. The molecule has 2 rings (SSSR count). The molecule has 0 radical (unpaired) electrons. The Bertz CT molecular complexity index is 666. The van der Waals surface area contributed by atoms with Crippen molar-refractivity contribution in [3.63, 3.8) is 0 Å². The number of hydrogen-bond acceptors (Lipinski definition) is 3. The van der Waals surface area contributed by atoms with Gasteiger partial charge in [0.15, 0.2) is 0 Å². The van der Waals surface area contributed by atoms with Gasteiger partial charge in [-0.1, -0.05) is 6.07 Å². The van der Waals surface area contributed by atoms with Crippen LogP contribution >= 0.6 is 0 Å². The Kier molecular flexibility index (Phi) is 3.79. The maximum Gasteiger partial charge on any atom is 0.337 e. The average Bonchev–Trinajstić information content (AvgIpc) is 2.42. The summed E-state index contributed by atoms with van der Waals surface area (Å²) in [5.41, 5.74) is 2.39. The van der Waals surface area contributed by atoms with E-state index >= 15 is 0 Å². The number of anilines is 1. The number of aromatic carboxylic acids is 1. The summed E-state index contributed by atoms with van der Waals surface area (Å²) >= 11 is 0. The third-order valence-corrected chi connectivity index (χ3v) is 2.89. The number of carboxylic acids is 1. The third-order valence-electron chi connectivity index (χ3n) is 2.89. The second-order valence-electron chi connectivity index (χ2n) is 4.50. The van der Waals surface area contributed by atoms with Gasteiger partial charge in [-0.05, 0) is 43.2 Å². The van der Waals surface area contributed by atoms with Crippen molar-refractivity contribution in [2.45, 2.75) is 13.8 Å². The fraction of sp³-hybridized carbons (Fsp3) is 0.133. The van der Waals surface area contributed by atoms with Crippen molar-refractivity contribution in [1.29, 1.82) is 0 Å². The molecule has 0 bridgehead atoms. The molecule has 0 saturated carbocycles. The van der Waals surface area contributed by atoms with Gasteiger partial charge in [0.25, 0.3) is 5.91 Å². The number of carbonyl (C=O) groups excluding carboxylic acids is 1. The van der Waals surface area contributed by atoms with Gasteiger partial charge in [-0.3, -0.25) is 9.78 Å². The van der Waals surface area contributed by atoms with Gasteiger partial charge in [-0.2, -0.15) is 0 Å². The van der Waals surface area contributed by atoms with Crippen LogP contribution in [-0.2, 0) is 0 Å². The number of nitrogens with one attached hydrogen (secondary N) is 1. The van der Waals surface area contributed by atoms with Gasteiger partial charge >= 0.3 is 5.97 Å². The Morgan fingerprint density at radius 1 is 1.15 bits per heavy atom. The molecule has 20 heavy (non-hydrogen) atoms. The van der Waals surface area contributed by atoms with Gasteiger partial charge in [0.05, 0.1) is 11.3 Å². The van der Waals surface area contributed by atoms with Crippen LogP contribution in [0.2, 0.25) is 0 Å². The number of aromatic nitrogens is 1. The molecule has 2 N–H and O–H groups in total. The van der Waals surface area contributed by atoms with E-state index in [2.05, 4.69) is 10.3 Å². The summed E-state index contributed by atoms with van der Waals surface area (Å²) in [6, 6.07) is 6.50. The number of carboxylic acid groups (broad SMARTS) is 1. The van der Waals surface area contributed by atoms with Crippen LogP contribution in [-0.4, -0.2) is 22.0 Å². The fourth-order valence-electron chi connectivity index (χ4n) is 1.99. The van der Waals surface area contributed by atoms with Gasteiger partial charge in [0.2, 0.25) is 0 Å². The first-order valence-corrected chi connectivity index (χ1v) is 6.05. The quantitative estimate of drug-likeness (QED) is 0.898. The second kappa shape index (κ2) is 5.52. The zero-order valence-corrected chi connectivity index (χ0v) is 11.2. The number of aryl methyl sites for hydroxylation is 2. The van der Waals surface area contributed by atoms with Crippen LogP contribution < -0.4 is 5.32 Å². The van der Waals surface area contributed by atoms with Crippen LogP contribution in [0.25, 0.3) is 0 Å². The van der Waals surface area contributed by atoms with Gasteiger partial charge in [0.1, 0.15) is 0 Å². The SMILES string of the molecule is Cc1cc(C)c(NC(=O)c2ccncc2)c(C(=O)O)c1. The van der Waals surface area contributed by atoms with E-state index in [0.29, 0.717) is 16.8 Å². The van der Waals surface area contributed by atoms with Crippen molar-refractivity contribution in [2.24, 2.45) is 0 Å². The normalized spacial score (nSPS) is 10.1. The van der Waals surface area contributed by atoms with Crippen LogP contribution in [0, 0.1) is 13.8 Å². The number of nitrogens with zero attached hydrogens (tertiary/aromatic N) is 1. The summed E-state index contributed by atoms with van der Waals surface area (Å²) in [4.78, 5) is 27.2. The highest BCUT2D eigenvalue weighted by Gasteiger charge is 2.16. The van der Waals surface area contributed by atoms with E-state index in [9.17, 15) is 14.7 Å². The summed E-state index contributed by atoms with van der Waals surface area (Å²) in [6.07, 6.45) is 3.02. The largest absolute Gasteiger partial charge is 0.478 e. The molecule has 5 heteroatoms. The predicted molar refractivity (Wildman–Crippen MR) is 75.1 cm³/mol. The minimum absolute atomic E-state index is 0.0879. The first-order chi connectivity index (χ1) is 9.49. The minimum atomic E-state index is -1.07. The van der Waals surface area contributed by atoms with Crippen LogP contribution in [0.1, 0.15) is 31.8 Å². The molecule has 1 aromatic heterocycles. The standard InChI is InChI=1S/C15H14N2O3/c1-9-7-10(2)13(12(8-9)15(19)20)17-14(18)11-3-5-16-6-4-11/h3-8H,1-2H3,(H,17,18)(H,19,20). The highest BCUT2D eigenvalue weighted by Crippen LogP contribution is 2.23. The molecule has 5 nitrogen and oxygen atoms in total. The van der Waals surface area contributed by atoms with E-state index in [1.54, 1.807) is 19.1 Å². The number of hydrogen-bond donors (Lipinski definition) is 2. The zero-order valence-electron chi connectivity index (χ0n) is 11.2. The van der Waals surface area contributed by atoms with Crippen LogP contribution in [0.4, 0.5) is 5.69 Å². The van der Waals surface area contributed by atoms with Crippen molar-refractivity contribution in [3.05, 3.63) is 58.9 Å². The van der Waals surface area contributed by atoms with Gasteiger partial charge in [-0.15, -0.1) is 0 Å². The van der Waals surface area contributed by atoms with E-state index < -0.39 is 5.97 Å². The molecule has 0 aliphatic heterocycles. The average molecular weight is 270 g/mol. The van der Waals surface area contributed by atoms with E-state index in [0.717, 1.165) is 5.56 Å². The van der Waals surface area contributed by atoms with Crippen LogP contribution in [0.3, 0.4) is 0 Å². The number of pyridine rings is 1. The van der Waals surface area contributed by atoms with Gasteiger partial charge in [-0.25, -0.2) is 4.79 Å². The molecule has 0 atom stereocenters. The first kappa shape index (κ1) is 13.7. The van der Waals surface area contributed by atoms with Gasteiger partial charge < -0.3 is 10.4 Å². The Hall–Kier alpha value is -2.69. The lowest BCUT2D eigenvalue weighted by Gasteiger charge is -2.12. The van der Waals surface area contributed by atoms with Crippen molar-refractivity contribution in [1.82, 2.24) is 4.98 Å². The van der Waals surface area contributed by atoms with Crippen LogP contribution in [0.5, 0.6) is 0 Å². The molecule has 1 aromatic carbocycles. The molecular weight excluding hydrogens is 256 g/mol. The number of benzene rings is 1. The number of amides is 1. The summed E-state index contributed by atoms with van der Waals surface area (Å²) in [7, 11) is 0. The summed E-state index contributed by atoms with van der Waals surface area (Å²) in [5, 5.41) is 11.9. The van der Waals surface area contributed by atoms with Crippen molar-refractivity contribution < 1.29 is 14.7 Å². The lowest BCUT2D eigenvalue weighted by Crippen LogP contribution is -2.16. The second-order valence-corrected chi connectivity index (χ2v) is 4.50. The number of carbonyl (C=O) groups is 2. The highest BCUT2D eigenvalue weighted by atomic mass is 16.4. The third kappa shape index (κ3) is 2.83. The Labute approximate surface area is 116 Å². The Morgan fingerprint density at radius 3 is 2.40 bits per heavy atom. The Balaban J connectivity index is 2.39. The molecule has 0 unspecified atom stereocenters. The molecule has 102 valence electrons. The molecule has 1 heterocycles. The maximum atomic E-state index is 12.1. The molecule has 2 aromatic rings. The highest BCUT2D eigenvalue weighted by molar-refractivity contribution is 6.08. The molecule has 0 aliphatic rings. The molecule has 1 amide bonds. The molecule has 0 saturated heterocycles. The van der Waals surface area contributed by atoms with Crippen molar-refractivity contribution in [3.8, 4) is 0 Å². The molecule has 0 aliphatic carbocycles. The minimum Gasteiger partial charge on any atom is -0.478 e. The Morgan fingerprint density at radius 2 is 1.80 bits per heavy atom.